The van der Waals surface area contributed by atoms with Crippen LogP contribution in [0.25, 0.3) is 0 Å². The van der Waals surface area contributed by atoms with Gasteiger partial charge in [0.15, 0.2) is 5.96 Å². The van der Waals surface area contributed by atoms with Crippen molar-refractivity contribution in [1.29, 1.82) is 0 Å². The van der Waals surface area contributed by atoms with Gasteiger partial charge in [-0.3, -0.25) is 4.79 Å². The zero-order chi connectivity index (χ0) is 19.5. The van der Waals surface area contributed by atoms with E-state index in [0.29, 0.717) is 31.2 Å². The minimum atomic E-state index is -0.0948. The van der Waals surface area contributed by atoms with E-state index in [2.05, 4.69) is 36.9 Å². The molecule has 7 heteroatoms. The number of amides is 1. The summed E-state index contributed by atoms with van der Waals surface area (Å²) in [6.45, 7) is 4.38. The van der Waals surface area contributed by atoms with Crippen LogP contribution in [0.5, 0.6) is 5.75 Å². The molecule has 6 nitrogen and oxygen atoms in total. The number of hydrogen-bond acceptors (Lipinski definition) is 3. The monoisotopic (exact) mass is 432 g/mol. The molecule has 0 aromatic heterocycles. The quantitative estimate of drug-likeness (QED) is 0.340. The Morgan fingerprint density at radius 2 is 1.81 bits per heavy atom. The molecule has 0 fully saturated rings. The predicted octanol–water partition coefficient (Wildman–Crippen LogP) is 2.94. The highest BCUT2D eigenvalue weighted by Gasteiger charge is 2.04. The predicted molar refractivity (Wildman–Crippen MR) is 112 cm³/mol. The Morgan fingerprint density at radius 3 is 2.52 bits per heavy atom. The van der Waals surface area contributed by atoms with E-state index in [1.807, 2.05) is 43.3 Å². The molecule has 27 heavy (non-hydrogen) atoms. The summed E-state index contributed by atoms with van der Waals surface area (Å²) in [6, 6.07) is 15.1. The Labute approximate surface area is 168 Å². The number of carbonyl (C=O) groups is 1. The first-order valence-corrected chi connectivity index (χ1v) is 9.60. The summed E-state index contributed by atoms with van der Waals surface area (Å²) >= 11 is 3.36. The highest BCUT2D eigenvalue weighted by Crippen LogP contribution is 2.13. The zero-order valence-electron chi connectivity index (χ0n) is 15.6. The maximum atomic E-state index is 12.1. The summed E-state index contributed by atoms with van der Waals surface area (Å²) in [4.78, 5) is 16.7. The fourth-order valence-corrected chi connectivity index (χ4v) is 2.61. The lowest BCUT2D eigenvalue weighted by Gasteiger charge is -2.12. The minimum Gasteiger partial charge on any atom is -0.497 e. The number of guanidine groups is 1. The third-order valence-electron chi connectivity index (χ3n) is 3.71. The summed E-state index contributed by atoms with van der Waals surface area (Å²) in [5, 5.41) is 9.31. The molecule has 0 bridgehead atoms. The first kappa shape index (κ1) is 20.8. The Morgan fingerprint density at radius 1 is 1.07 bits per heavy atom. The van der Waals surface area contributed by atoms with Gasteiger partial charge in [0, 0.05) is 29.7 Å². The number of hydrogen-bond donors (Lipinski definition) is 3. The molecule has 0 aliphatic heterocycles. The fourth-order valence-electron chi connectivity index (χ4n) is 2.34. The van der Waals surface area contributed by atoms with E-state index in [9.17, 15) is 4.79 Å². The molecular weight excluding hydrogens is 408 g/mol. The lowest BCUT2D eigenvalue weighted by Crippen LogP contribution is -2.41. The van der Waals surface area contributed by atoms with Crippen molar-refractivity contribution in [1.82, 2.24) is 16.0 Å². The van der Waals surface area contributed by atoms with Crippen molar-refractivity contribution in [2.45, 2.75) is 13.5 Å². The number of rotatable bonds is 8. The lowest BCUT2D eigenvalue weighted by molar-refractivity contribution is 0.0954. The van der Waals surface area contributed by atoms with Crippen molar-refractivity contribution in [3.63, 3.8) is 0 Å². The van der Waals surface area contributed by atoms with Gasteiger partial charge in [0.2, 0.25) is 0 Å². The van der Waals surface area contributed by atoms with Crippen LogP contribution in [0.2, 0.25) is 0 Å². The van der Waals surface area contributed by atoms with E-state index in [-0.39, 0.29) is 5.91 Å². The molecular formula is C20H25BrN4O2. The molecule has 0 atom stereocenters. The van der Waals surface area contributed by atoms with Crippen LogP contribution in [0.15, 0.2) is 58.0 Å². The molecule has 0 radical (unpaired) electrons. The molecule has 0 aliphatic carbocycles. The van der Waals surface area contributed by atoms with Crippen LogP contribution in [-0.4, -0.2) is 38.6 Å². The second-order valence-corrected chi connectivity index (χ2v) is 6.65. The average molecular weight is 433 g/mol. The topological polar surface area (TPSA) is 74.8 Å². The average Bonchev–Trinajstić information content (AvgIpc) is 2.69. The van der Waals surface area contributed by atoms with Gasteiger partial charge in [-0.2, -0.15) is 0 Å². The van der Waals surface area contributed by atoms with Crippen LogP contribution in [0.4, 0.5) is 0 Å². The molecule has 144 valence electrons. The van der Waals surface area contributed by atoms with Crippen molar-refractivity contribution >= 4 is 27.8 Å². The molecule has 2 rings (SSSR count). The lowest BCUT2D eigenvalue weighted by atomic mass is 10.2. The second-order valence-electron chi connectivity index (χ2n) is 5.74. The van der Waals surface area contributed by atoms with E-state index in [1.165, 1.54) is 0 Å². The summed E-state index contributed by atoms with van der Waals surface area (Å²) in [5.41, 5.74) is 1.70. The van der Waals surface area contributed by atoms with E-state index >= 15 is 0 Å². The number of nitrogens with one attached hydrogen (secondary N) is 3. The number of methoxy groups -OCH3 is 1. The van der Waals surface area contributed by atoms with Crippen molar-refractivity contribution in [2.24, 2.45) is 4.99 Å². The standard InChI is InChI=1S/C20H25BrN4O2/c1-3-22-20(25-14-15-5-4-6-18(13-15)27-2)24-12-11-23-19(26)16-7-9-17(21)10-8-16/h4-10,13H,3,11-12,14H2,1-2H3,(H,23,26)(H2,22,24,25). The van der Waals surface area contributed by atoms with Gasteiger partial charge in [0.1, 0.15) is 5.75 Å². The zero-order valence-corrected chi connectivity index (χ0v) is 17.2. The van der Waals surface area contributed by atoms with E-state index in [0.717, 1.165) is 22.3 Å². The van der Waals surface area contributed by atoms with Gasteiger partial charge in [0.05, 0.1) is 13.7 Å². The third kappa shape index (κ3) is 7.30. The molecule has 0 spiro atoms. The van der Waals surface area contributed by atoms with E-state index < -0.39 is 0 Å². The number of benzene rings is 2. The summed E-state index contributed by atoms with van der Waals surface area (Å²) in [6.07, 6.45) is 0. The minimum absolute atomic E-state index is 0.0948. The summed E-state index contributed by atoms with van der Waals surface area (Å²) in [5.74, 6) is 1.43. The number of nitrogens with zero attached hydrogens (tertiary/aromatic N) is 1. The number of aliphatic imine (C=N–C) groups is 1. The van der Waals surface area contributed by atoms with Gasteiger partial charge in [-0.15, -0.1) is 0 Å². The van der Waals surface area contributed by atoms with Crippen LogP contribution in [-0.2, 0) is 6.54 Å². The van der Waals surface area contributed by atoms with E-state index in [4.69, 9.17) is 4.74 Å². The van der Waals surface area contributed by atoms with Gasteiger partial charge in [0.25, 0.3) is 5.91 Å². The fraction of sp³-hybridized carbons (Fsp3) is 0.300. The molecule has 0 saturated heterocycles. The van der Waals surface area contributed by atoms with Crippen LogP contribution < -0.4 is 20.7 Å². The van der Waals surface area contributed by atoms with Crippen LogP contribution in [0.3, 0.4) is 0 Å². The largest absolute Gasteiger partial charge is 0.497 e. The van der Waals surface area contributed by atoms with Crippen LogP contribution >= 0.6 is 15.9 Å². The second kappa shape index (κ2) is 11.2. The molecule has 0 heterocycles. The molecule has 0 saturated carbocycles. The Hall–Kier alpha value is -2.54. The first-order chi connectivity index (χ1) is 13.1. The first-order valence-electron chi connectivity index (χ1n) is 8.81. The van der Waals surface area contributed by atoms with Gasteiger partial charge >= 0.3 is 0 Å². The Balaban J connectivity index is 1.81. The number of ether oxygens (including phenoxy) is 1. The highest BCUT2D eigenvalue weighted by molar-refractivity contribution is 9.10. The smallest absolute Gasteiger partial charge is 0.251 e. The van der Waals surface area contributed by atoms with Crippen LogP contribution in [0, 0.1) is 0 Å². The van der Waals surface area contributed by atoms with Crippen LogP contribution in [0.1, 0.15) is 22.8 Å². The molecule has 3 N–H and O–H groups in total. The molecule has 2 aromatic carbocycles. The summed E-state index contributed by atoms with van der Waals surface area (Å²) < 4.78 is 6.18. The SMILES string of the molecule is CCNC(=NCc1cccc(OC)c1)NCCNC(=O)c1ccc(Br)cc1. The summed E-state index contributed by atoms with van der Waals surface area (Å²) in [7, 11) is 1.65. The molecule has 0 aliphatic rings. The van der Waals surface area contributed by atoms with Crippen molar-refractivity contribution < 1.29 is 9.53 Å². The maximum absolute atomic E-state index is 12.1. The van der Waals surface area contributed by atoms with Crippen molar-refractivity contribution in [3.8, 4) is 5.75 Å². The third-order valence-corrected chi connectivity index (χ3v) is 4.24. The van der Waals surface area contributed by atoms with Gasteiger partial charge < -0.3 is 20.7 Å². The van der Waals surface area contributed by atoms with Gasteiger partial charge in [-0.1, -0.05) is 28.1 Å². The van der Waals surface area contributed by atoms with Crippen molar-refractivity contribution in [2.75, 3.05) is 26.7 Å². The normalized spacial score (nSPS) is 11.0. The Kier molecular flexibility index (Phi) is 8.64. The van der Waals surface area contributed by atoms with Crippen molar-refractivity contribution in [3.05, 3.63) is 64.1 Å². The van der Waals surface area contributed by atoms with Gasteiger partial charge in [-0.05, 0) is 48.9 Å². The van der Waals surface area contributed by atoms with Gasteiger partial charge in [-0.25, -0.2) is 4.99 Å². The number of carbonyl (C=O) groups excluding carboxylic acids is 1. The molecule has 0 unspecified atom stereocenters. The highest BCUT2D eigenvalue weighted by atomic mass is 79.9. The van der Waals surface area contributed by atoms with E-state index in [1.54, 1.807) is 19.2 Å². The Bertz CT molecular complexity index is 763. The number of halogens is 1. The molecule has 1 amide bonds. The maximum Gasteiger partial charge on any atom is 0.251 e. The molecule has 2 aromatic rings.